The molecule has 0 aromatic heterocycles. The highest BCUT2D eigenvalue weighted by Crippen LogP contribution is 2.29. The highest BCUT2D eigenvalue weighted by atomic mass is 15.3. The molecule has 0 radical (unpaired) electrons. The number of anilines is 1. The van der Waals surface area contributed by atoms with Gasteiger partial charge in [-0.05, 0) is 36.8 Å². The summed E-state index contributed by atoms with van der Waals surface area (Å²) >= 11 is 0. The maximum absolute atomic E-state index is 5.99. The molecule has 0 spiro atoms. The normalized spacial score (nSPS) is 21.7. The van der Waals surface area contributed by atoms with E-state index in [0.29, 0.717) is 0 Å². The minimum Gasteiger partial charge on any atom is -0.399 e. The van der Waals surface area contributed by atoms with E-state index in [0.717, 1.165) is 24.6 Å². The summed E-state index contributed by atoms with van der Waals surface area (Å²) in [5.74, 6) is 1.02. The van der Waals surface area contributed by atoms with Crippen LogP contribution < -0.4 is 5.73 Å². The molecule has 2 N–H and O–H groups in total. The second-order valence-electron chi connectivity index (χ2n) is 6.03. The molecule has 1 aromatic rings. The molecule has 0 amide bonds. The van der Waals surface area contributed by atoms with E-state index >= 15 is 0 Å². The fourth-order valence-electron chi connectivity index (χ4n) is 2.90. The molecule has 104 valence electrons. The zero-order valence-corrected chi connectivity index (χ0v) is 11.7. The van der Waals surface area contributed by atoms with Crippen molar-refractivity contribution in [3.8, 4) is 0 Å². The van der Waals surface area contributed by atoms with E-state index in [-0.39, 0.29) is 0 Å². The van der Waals surface area contributed by atoms with Gasteiger partial charge in [-0.25, -0.2) is 0 Å². The Bertz CT molecular complexity index is 406. The third-order valence-corrected chi connectivity index (χ3v) is 4.43. The number of nitrogens with two attached hydrogens (primary N) is 1. The molecule has 2 aliphatic rings. The van der Waals surface area contributed by atoms with Crippen LogP contribution in [0.5, 0.6) is 0 Å². The number of rotatable bonds is 5. The number of nitrogens with zero attached hydrogens (tertiary/aromatic N) is 2. The molecule has 1 saturated heterocycles. The smallest absolute Gasteiger partial charge is 0.0347 e. The van der Waals surface area contributed by atoms with Gasteiger partial charge in [-0.15, -0.1) is 0 Å². The zero-order valence-electron chi connectivity index (χ0n) is 11.7. The molecule has 2 fully saturated rings. The Hall–Kier alpha value is -1.06. The van der Waals surface area contributed by atoms with Crippen molar-refractivity contribution in [3.63, 3.8) is 0 Å². The van der Waals surface area contributed by atoms with Gasteiger partial charge in [0.05, 0.1) is 0 Å². The summed E-state index contributed by atoms with van der Waals surface area (Å²) in [6.07, 6.45) is 4.01. The van der Waals surface area contributed by atoms with E-state index in [1.54, 1.807) is 0 Å². The monoisotopic (exact) mass is 259 g/mol. The Balaban J connectivity index is 1.41. The van der Waals surface area contributed by atoms with Crippen LogP contribution in [0.3, 0.4) is 0 Å². The van der Waals surface area contributed by atoms with Crippen molar-refractivity contribution in [1.82, 2.24) is 9.80 Å². The van der Waals surface area contributed by atoms with Crippen molar-refractivity contribution in [2.24, 2.45) is 5.92 Å². The van der Waals surface area contributed by atoms with Crippen LogP contribution in [0.1, 0.15) is 18.4 Å². The molecular weight excluding hydrogens is 234 g/mol. The molecule has 3 rings (SSSR count). The van der Waals surface area contributed by atoms with Crippen LogP contribution in [0.15, 0.2) is 24.3 Å². The second-order valence-corrected chi connectivity index (χ2v) is 6.03. The van der Waals surface area contributed by atoms with Crippen LogP contribution in [0.25, 0.3) is 0 Å². The number of nitrogen functional groups attached to an aromatic ring is 1. The van der Waals surface area contributed by atoms with Crippen LogP contribution in [-0.2, 0) is 6.42 Å². The molecule has 1 heterocycles. The number of hydrogen-bond acceptors (Lipinski definition) is 3. The highest BCUT2D eigenvalue weighted by molar-refractivity contribution is 5.46. The number of benzene rings is 1. The molecule has 1 saturated carbocycles. The predicted octanol–water partition coefficient (Wildman–Crippen LogP) is 1.84. The van der Waals surface area contributed by atoms with Gasteiger partial charge in [-0.2, -0.15) is 0 Å². The third kappa shape index (κ3) is 3.71. The van der Waals surface area contributed by atoms with Crippen molar-refractivity contribution >= 4 is 5.69 Å². The number of piperazine rings is 1. The maximum atomic E-state index is 5.99. The lowest BCUT2D eigenvalue weighted by Gasteiger charge is -2.34. The van der Waals surface area contributed by atoms with Crippen molar-refractivity contribution in [1.29, 1.82) is 0 Å². The van der Waals surface area contributed by atoms with Crippen molar-refractivity contribution < 1.29 is 0 Å². The largest absolute Gasteiger partial charge is 0.399 e. The van der Waals surface area contributed by atoms with Gasteiger partial charge in [0.15, 0.2) is 0 Å². The Kier molecular flexibility index (Phi) is 4.04. The Morgan fingerprint density at radius 2 is 1.68 bits per heavy atom. The first-order chi connectivity index (χ1) is 9.31. The van der Waals surface area contributed by atoms with E-state index in [1.165, 1.54) is 51.1 Å². The lowest BCUT2D eigenvalue weighted by Crippen LogP contribution is -2.47. The average Bonchev–Trinajstić information content (AvgIpc) is 3.24. The zero-order chi connectivity index (χ0) is 13.1. The lowest BCUT2D eigenvalue weighted by atomic mass is 10.1. The first kappa shape index (κ1) is 12.9. The fourth-order valence-corrected chi connectivity index (χ4v) is 2.90. The van der Waals surface area contributed by atoms with Crippen LogP contribution in [0.4, 0.5) is 5.69 Å². The van der Waals surface area contributed by atoms with Gasteiger partial charge in [-0.1, -0.05) is 18.2 Å². The van der Waals surface area contributed by atoms with E-state index in [4.69, 9.17) is 5.73 Å². The first-order valence-electron chi connectivity index (χ1n) is 7.59. The van der Waals surface area contributed by atoms with Crippen molar-refractivity contribution in [3.05, 3.63) is 29.8 Å². The Morgan fingerprint density at radius 3 is 2.37 bits per heavy atom. The van der Waals surface area contributed by atoms with E-state index in [2.05, 4.69) is 21.9 Å². The maximum Gasteiger partial charge on any atom is 0.0347 e. The summed E-state index contributed by atoms with van der Waals surface area (Å²) in [5.41, 5.74) is 8.23. The standard InChI is InChI=1S/C16H25N3/c17-16-4-2-1-3-15(16)7-8-18-9-11-19(12-10-18)13-14-5-6-14/h1-4,14H,5-13,17H2. The lowest BCUT2D eigenvalue weighted by molar-refractivity contribution is 0.129. The van der Waals surface area contributed by atoms with E-state index in [1.807, 2.05) is 12.1 Å². The molecule has 0 atom stereocenters. The predicted molar refractivity (Wildman–Crippen MR) is 80.2 cm³/mol. The SMILES string of the molecule is Nc1ccccc1CCN1CCN(CC2CC2)CC1. The minimum atomic E-state index is 0.940. The average molecular weight is 259 g/mol. The van der Waals surface area contributed by atoms with Crippen molar-refractivity contribution in [2.45, 2.75) is 19.3 Å². The molecule has 1 aromatic carbocycles. The Labute approximate surface area is 116 Å². The van der Waals surface area contributed by atoms with Gasteiger partial charge in [0.2, 0.25) is 0 Å². The highest BCUT2D eigenvalue weighted by Gasteiger charge is 2.26. The van der Waals surface area contributed by atoms with Gasteiger partial charge < -0.3 is 15.5 Å². The summed E-state index contributed by atoms with van der Waals surface area (Å²) in [6, 6.07) is 8.25. The van der Waals surface area contributed by atoms with Gasteiger partial charge in [0, 0.05) is 45.0 Å². The molecule has 0 bridgehead atoms. The molecule has 1 aliphatic carbocycles. The summed E-state index contributed by atoms with van der Waals surface area (Å²) in [5, 5.41) is 0. The van der Waals surface area contributed by atoms with Gasteiger partial charge in [0.25, 0.3) is 0 Å². The van der Waals surface area contributed by atoms with E-state index < -0.39 is 0 Å². The molecular formula is C16H25N3. The molecule has 3 nitrogen and oxygen atoms in total. The molecule has 3 heteroatoms. The minimum absolute atomic E-state index is 0.940. The first-order valence-corrected chi connectivity index (χ1v) is 7.59. The summed E-state index contributed by atoms with van der Waals surface area (Å²) in [4.78, 5) is 5.22. The molecule has 0 unspecified atom stereocenters. The summed E-state index contributed by atoms with van der Waals surface area (Å²) in [6.45, 7) is 7.44. The van der Waals surface area contributed by atoms with Gasteiger partial charge >= 0.3 is 0 Å². The van der Waals surface area contributed by atoms with Crippen LogP contribution in [0, 0.1) is 5.92 Å². The van der Waals surface area contributed by atoms with Crippen molar-refractivity contribution in [2.75, 3.05) is 45.0 Å². The number of para-hydroxylation sites is 1. The molecule has 19 heavy (non-hydrogen) atoms. The fraction of sp³-hybridized carbons (Fsp3) is 0.625. The second kappa shape index (κ2) is 5.93. The van der Waals surface area contributed by atoms with Gasteiger partial charge in [-0.3, -0.25) is 0 Å². The van der Waals surface area contributed by atoms with Crippen LogP contribution in [0.2, 0.25) is 0 Å². The topological polar surface area (TPSA) is 32.5 Å². The summed E-state index contributed by atoms with van der Waals surface area (Å²) < 4.78 is 0. The van der Waals surface area contributed by atoms with Gasteiger partial charge in [0.1, 0.15) is 0 Å². The van der Waals surface area contributed by atoms with E-state index in [9.17, 15) is 0 Å². The summed E-state index contributed by atoms with van der Waals surface area (Å²) in [7, 11) is 0. The Morgan fingerprint density at radius 1 is 1.00 bits per heavy atom. The van der Waals surface area contributed by atoms with Crippen LogP contribution >= 0.6 is 0 Å². The van der Waals surface area contributed by atoms with Crippen LogP contribution in [-0.4, -0.2) is 49.1 Å². The number of hydrogen-bond donors (Lipinski definition) is 1. The molecule has 1 aliphatic heterocycles. The third-order valence-electron chi connectivity index (χ3n) is 4.43. The quantitative estimate of drug-likeness (QED) is 0.819.